The number of halogens is 2. The number of rotatable bonds is 8. The molecule has 0 atom stereocenters. The molecular weight excluding hydrogens is 542 g/mol. The number of hydrogen-bond donors (Lipinski definition) is 0. The fraction of sp³-hybridized carbons (Fsp3) is 0.174. The van der Waals surface area contributed by atoms with Crippen LogP contribution >= 0.6 is 31.9 Å². The van der Waals surface area contributed by atoms with E-state index in [0.29, 0.717) is 31.3 Å². The van der Waals surface area contributed by atoms with E-state index in [-0.39, 0.29) is 5.69 Å². The van der Waals surface area contributed by atoms with Crippen LogP contribution in [0, 0.1) is 10.1 Å². The topological polar surface area (TPSA) is 79.4 Å². The van der Waals surface area contributed by atoms with E-state index in [4.69, 9.17) is 9.47 Å². The maximum Gasteiger partial charge on any atom is 0.269 e. The van der Waals surface area contributed by atoms with Gasteiger partial charge in [-0.15, -0.1) is 0 Å². The first kappa shape index (κ1) is 22.3. The van der Waals surface area contributed by atoms with E-state index in [1.54, 1.807) is 16.8 Å². The summed E-state index contributed by atoms with van der Waals surface area (Å²) in [5.41, 5.74) is 1.50. The summed E-state index contributed by atoms with van der Waals surface area (Å²) in [5, 5.41) is 17.7. The van der Waals surface area contributed by atoms with E-state index in [1.807, 2.05) is 37.3 Å². The molecule has 1 aromatic heterocycles. The Morgan fingerprint density at radius 1 is 1.03 bits per heavy atom. The monoisotopic (exact) mass is 559 g/mol. The quantitative estimate of drug-likeness (QED) is 0.179. The van der Waals surface area contributed by atoms with Crippen LogP contribution in [0.3, 0.4) is 0 Å². The summed E-state index contributed by atoms with van der Waals surface area (Å²) in [6.07, 6.45) is 0. The van der Waals surface area contributed by atoms with Gasteiger partial charge in [-0.2, -0.15) is 5.10 Å². The Kier molecular flexibility index (Phi) is 6.76. The number of nitrogens with zero attached hydrogens (tertiary/aromatic N) is 3. The van der Waals surface area contributed by atoms with Crippen molar-refractivity contribution in [3.8, 4) is 22.9 Å². The number of benzene rings is 3. The van der Waals surface area contributed by atoms with Crippen LogP contribution in [0.5, 0.6) is 11.6 Å². The predicted octanol–water partition coefficient (Wildman–Crippen LogP) is 6.61. The van der Waals surface area contributed by atoms with Crippen LogP contribution in [0.2, 0.25) is 0 Å². The second kappa shape index (κ2) is 9.70. The molecule has 7 nitrogen and oxygen atoms in total. The summed E-state index contributed by atoms with van der Waals surface area (Å²) in [6.45, 7) is 3.27. The van der Waals surface area contributed by atoms with Crippen LogP contribution < -0.4 is 9.47 Å². The zero-order valence-corrected chi connectivity index (χ0v) is 20.3. The molecule has 0 N–H and O–H groups in total. The maximum atomic E-state index is 10.9. The van der Waals surface area contributed by atoms with Crippen LogP contribution in [-0.2, 0) is 6.54 Å². The SMILES string of the molecule is CCOc1cc(-c2ccc([N+](=O)[O-])cc2)nn1CCOc1ccc2cc(Br)ccc2c1Br. The second-order valence-electron chi connectivity index (χ2n) is 6.92. The molecular formula is C23H19Br2N3O4. The zero-order valence-electron chi connectivity index (χ0n) is 17.1. The van der Waals surface area contributed by atoms with Gasteiger partial charge in [0.1, 0.15) is 12.4 Å². The number of fused-ring (bicyclic) bond motifs is 1. The van der Waals surface area contributed by atoms with Crippen molar-refractivity contribution >= 4 is 48.3 Å². The van der Waals surface area contributed by atoms with Crippen molar-refractivity contribution < 1.29 is 14.4 Å². The normalized spacial score (nSPS) is 11.0. The van der Waals surface area contributed by atoms with Gasteiger partial charge < -0.3 is 9.47 Å². The highest BCUT2D eigenvalue weighted by Gasteiger charge is 2.13. The summed E-state index contributed by atoms with van der Waals surface area (Å²) >= 11 is 7.14. The van der Waals surface area contributed by atoms with Gasteiger partial charge in [0.15, 0.2) is 0 Å². The van der Waals surface area contributed by atoms with E-state index in [0.717, 1.165) is 31.0 Å². The van der Waals surface area contributed by atoms with Gasteiger partial charge in [-0.3, -0.25) is 10.1 Å². The van der Waals surface area contributed by atoms with Crippen molar-refractivity contribution in [1.82, 2.24) is 9.78 Å². The minimum Gasteiger partial charge on any atom is -0.490 e. The summed E-state index contributed by atoms with van der Waals surface area (Å²) in [4.78, 5) is 10.5. The Morgan fingerprint density at radius 2 is 1.81 bits per heavy atom. The molecule has 0 aliphatic rings. The first-order valence-electron chi connectivity index (χ1n) is 9.92. The molecule has 0 spiro atoms. The van der Waals surface area contributed by atoms with Gasteiger partial charge in [-0.05, 0) is 64.0 Å². The lowest BCUT2D eigenvalue weighted by atomic mass is 10.1. The molecule has 0 fully saturated rings. The molecule has 1 heterocycles. The minimum atomic E-state index is -0.422. The third-order valence-corrected chi connectivity index (χ3v) is 6.16. The standard InChI is InChI=1S/C23H19Br2N3O4/c1-2-31-22-14-20(15-3-7-18(8-4-15)28(29)30)26-27(22)11-12-32-21-10-5-16-13-17(24)6-9-19(16)23(21)25/h3-10,13-14H,2,11-12H2,1H3. The third kappa shape index (κ3) is 4.78. The minimum absolute atomic E-state index is 0.0416. The molecule has 4 aromatic rings. The number of aromatic nitrogens is 2. The van der Waals surface area contributed by atoms with Crippen molar-refractivity contribution in [1.29, 1.82) is 0 Å². The van der Waals surface area contributed by atoms with Crippen LogP contribution in [0.1, 0.15) is 6.92 Å². The maximum absolute atomic E-state index is 10.9. The van der Waals surface area contributed by atoms with E-state index < -0.39 is 4.92 Å². The molecule has 0 aliphatic carbocycles. The fourth-order valence-electron chi connectivity index (χ4n) is 3.32. The zero-order chi connectivity index (χ0) is 22.7. The van der Waals surface area contributed by atoms with E-state index in [9.17, 15) is 10.1 Å². The second-order valence-corrected chi connectivity index (χ2v) is 8.63. The van der Waals surface area contributed by atoms with Crippen LogP contribution in [0.4, 0.5) is 5.69 Å². The molecule has 0 saturated carbocycles. The van der Waals surface area contributed by atoms with Gasteiger partial charge in [-0.1, -0.05) is 28.1 Å². The lowest BCUT2D eigenvalue weighted by molar-refractivity contribution is -0.384. The Labute approximate surface area is 201 Å². The molecule has 0 bridgehead atoms. The molecule has 0 radical (unpaired) electrons. The van der Waals surface area contributed by atoms with Crippen LogP contribution in [0.15, 0.2) is 69.6 Å². The largest absolute Gasteiger partial charge is 0.490 e. The molecule has 0 amide bonds. The molecule has 4 rings (SSSR count). The molecule has 3 aromatic carbocycles. The molecule has 0 unspecified atom stereocenters. The number of nitro benzene ring substituents is 1. The van der Waals surface area contributed by atoms with Crippen LogP contribution in [0.25, 0.3) is 22.0 Å². The highest BCUT2D eigenvalue weighted by Crippen LogP contribution is 2.34. The van der Waals surface area contributed by atoms with Crippen molar-refractivity contribution in [2.24, 2.45) is 0 Å². The lowest BCUT2D eigenvalue weighted by Gasteiger charge is -2.12. The Balaban J connectivity index is 1.50. The highest BCUT2D eigenvalue weighted by atomic mass is 79.9. The molecule has 164 valence electrons. The molecule has 9 heteroatoms. The number of hydrogen-bond acceptors (Lipinski definition) is 5. The summed E-state index contributed by atoms with van der Waals surface area (Å²) in [6, 6.07) is 18.2. The first-order valence-corrected chi connectivity index (χ1v) is 11.5. The van der Waals surface area contributed by atoms with Crippen molar-refractivity contribution in [2.75, 3.05) is 13.2 Å². The van der Waals surface area contributed by atoms with Gasteiger partial charge in [0.05, 0.1) is 28.2 Å². The van der Waals surface area contributed by atoms with Crippen molar-refractivity contribution in [2.45, 2.75) is 13.5 Å². The highest BCUT2D eigenvalue weighted by molar-refractivity contribution is 9.11. The predicted molar refractivity (Wildman–Crippen MR) is 130 cm³/mol. The smallest absolute Gasteiger partial charge is 0.269 e. The summed E-state index contributed by atoms with van der Waals surface area (Å²) in [7, 11) is 0. The third-order valence-electron chi connectivity index (χ3n) is 4.85. The summed E-state index contributed by atoms with van der Waals surface area (Å²) < 4.78 is 15.4. The number of ether oxygens (including phenoxy) is 2. The Morgan fingerprint density at radius 3 is 2.53 bits per heavy atom. The average Bonchev–Trinajstić information content (AvgIpc) is 3.18. The van der Waals surface area contributed by atoms with E-state index >= 15 is 0 Å². The first-order chi connectivity index (χ1) is 15.5. The number of non-ortho nitro benzene ring substituents is 1. The number of nitro groups is 1. The van der Waals surface area contributed by atoms with E-state index in [2.05, 4.69) is 43.0 Å². The van der Waals surface area contributed by atoms with Gasteiger partial charge in [0, 0.05) is 28.2 Å². The van der Waals surface area contributed by atoms with E-state index in [1.165, 1.54) is 12.1 Å². The lowest BCUT2D eigenvalue weighted by Crippen LogP contribution is -2.11. The average molecular weight is 561 g/mol. The molecule has 0 aliphatic heterocycles. The fourth-order valence-corrected chi connectivity index (χ4v) is 4.30. The van der Waals surface area contributed by atoms with Gasteiger partial charge in [0.25, 0.3) is 5.69 Å². The van der Waals surface area contributed by atoms with Crippen LogP contribution in [-0.4, -0.2) is 27.9 Å². The van der Waals surface area contributed by atoms with Crippen molar-refractivity contribution in [3.63, 3.8) is 0 Å². The van der Waals surface area contributed by atoms with Crippen molar-refractivity contribution in [3.05, 3.63) is 79.7 Å². The summed E-state index contributed by atoms with van der Waals surface area (Å²) in [5.74, 6) is 1.37. The Bertz CT molecular complexity index is 1270. The van der Waals surface area contributed by atoms with Gasteiger partial charge in [0.2, 0.25) is 5.88 Å². The Hall–Kier alpha value is -2.91. The van der Waals surface area contributed by atoms with Gasteiger partial charge in [-0.25, -0.2) is 4.68 Å². The molecule has 32 heavy (non-hydrogen) atoms. The van der Waals surface area contributed by atoms with Gasteiger partial charge >= 0.3 is 0 Å². The molecule has 0 saturated heterocycles.